The second kappa shape index (κ2) is 3.35. The van der Waals surface area contributed by atoms with E-state index in [2.05, 4.69) is 28.0 Å². The second-order valence-electron chi connectivity index (χ2n) is 3.72. The summed E-state index contributed by atoms with van der Waals surface area (Å²) < 4.78 is 1.82. The molecule has 3 rings (SSSR count). The van der Waals surface area contributed by atoms with Gasteiger partial charge in [0.05, 0.1) is 10.9 Å². The molecule has 0 aliphatic rings. The zero-order valence-corrected chi connectivity index (χ0v) is 9.66. The zero-order valence-electron chi connectivity index (χ0n) is 8.84. The van der Waals surface area contributed by atoms with E-state index in [1.807, 2.05) is 23.9 Å². The van der Waals surface area contributed by atoms with Gasteiger partial charge in [-0.05, 0) is 34.0 Å². The van der Waals surface area contributed by atoms with Gasteiger partial charge in [0.1, 0.15) is 0 Å². The van der Waals surface area contributed by atoms with E-state index in [4.69, 9.17) is 5.73 Å². The Bertz CT molecular complexity index is 638. The Kier molecular flexibility index (Phi) is 1.97. The third-order valence-electron chi connectivity index (χ3n) is 2.74. The van der Waals surface area contributed by atoms with E-state index in [0.29, 0.717) is 5.82 Å². The molecule has 0 saturated carbocycles. The molecule has 2 heterocycles. The highest BCUT2D eigenvalue weighted by Crippen LogP contribution is 2.32. The first-order valence-corrected chi connectivity index (χ1v) is 5.95. The van der Waals surface area contributed by atoms with Gasteiger partial charge < -0.3 is 5.73 Å². The maximum absolute atomic E-state index is 5.96. The predicted octanol–water partition coefficient (Wildman–Crippen LogP) is 2.88. The fraction of sp³-hybridized carbons (Fsp3) is 0.0833. The third kappa shape index (κ3) is 1.23. The highest BCUT2D eigenvalue weighted by Gasteiger charge is 2.11. The number of thiophene rings is 1. The smallest absolute Gasteiger partial charge is 0.154 e. The first kappa shape index (κ1) is 9.42. The van der Waals surface area contributed by atoms with E-state index >= 15 is 0 Å². The van der Waals surface area contributed by atoms with Crippen LogP contribution in [0, 0.1) is 0 Å². The molecule has 0 fully saturated rings. The van der Waals surface area contributed by atoms with Crippen LogP contribution >= 0.6 is 11.3 Å². The maximum atomic E-state index is 5.96. The Labute approximate surface area is 97.1 Å². The van der Waals surface area contributed by atoms with Crippen molar-refractivity contribution in [2.45, 2.75) is 0 Å². The number of anilines is 1. The van der Waals surface area contributed by atoms with Crippen molar-refractivity contribution in [1.29, 1.82) is 0 Å². The summed E-state index contributed by atoms with van der Waals surface area (Å²) in [6.07, 6.45) is 0. The van der Waals surface area contributed by atoms with Crippen molar-refractivity contribution in [3.63, 3.8) is 0 Å². The highest BCUT2D eigenvalue weighted by molar-refractivity contribution is 7.08. The molecule has 2 N–H and O–H groups in total. The molecule has 3 aromatic rings. The molecule has 0 amide bonds. The summed E-state index contributed by atoms with van der Waals surface area (Å²) in [5.41, 5.74) is 9.39. The van der Waals surface area contributed by atoms with Crippen LogP contribution in [-0.2, 0) is 7.05 Å². The van der Waals surface area contributed by atoms with Gasteiger partial charge >= 0.3 is 0 Å². The molecule has 1 aromatic carbocycles. The lowest BCUT2D eigenvalue weighted by atomic mass is 10.0. The van der Waals surface area contributed by atoms with Crippen LogP contribution in [0.4, 0.5) is 5.82 Å². The second-order valence-corrected chi connectivity index (χ2v) is 4.50. The molecule has 0 saturated heterocycles. The van der Waals surface area contributed by atoms with Gasteiger partial charge in [-0.25, -0.2) is 0 Å². The molecule has 0 spiro atoms. The van der Waals surface area contributed by atoms with E-state index in [1.54, 1.807) is 11.3 Å². The van der Waals surface area contributed by atoms with Gasteiger partial charge in [-0.1, -0.05) is 12.1 Å². The molecule has 2 aromatic heterocycles. The Balaban J connectivity index is 2.41. The van der Waals surface area contributed by atoms with Gasteiger partial charge in [-0.2, -0.15) is 16.4 Å². The lowest BCUT2D eigenvalue weighted by molar-refractivity contribution is 0.802. The number of aryl methyl sites for hydroxylation is 1. The third-order valence-corrected chi connectivity index (χ3v) is 3.42. The van der Waals surface area contributed by atoms with Gasteiger partial charge in [0, 0.05) is 7.05 Å². The molecule has 0 bridgehead atoms. The summed E-state index contributed by atoms with van der Waals surface area (Å²) in [4.78, 5) is 0. The van der Waals surface area contributed by atoms with Crippen LogP contribution < -0.4 is 5.73 Å². The SMILES string of the molecule is Cn1nc(N)c2c(-c3ccsc3)cccc21. The summed E-state index contributed by atoms with van der Waals surface area (Å²) >= 11 is 1.69. The number of benzene rings is 1. The number of fused-ring (bicyclic) bond motifs is 1. The van der Waals surface area contributed by atoms with Crippen molar-refractivity contribution in [2.75, 3.05) is 5.73 Å². The lowest BCUT2D eigenvalue weighted by Crippen LogP contribution is -1.90. The highest BCUT2D eigenvalue weighted by atomic mass is 32.1. The van der Waals surface area contributed by atoms with Gasteiger partial charge in [-0.3, -0.25) is 4.68 Å². The first-order chi connectivity index (χ1) is 7.77. The summed E-state index contributed by atoms with van der Waals surface area (Å²) in [5, 5.41) is 9.50. The first-order valence-electron chi connectivity index (χ1n) is 5.01. The Morgan fingerprint density at radius 3 is 2.94 bits per heavy atom. The van der Waals surface area contributed by atoms with Crippen LogP contribution in [0.5, 0.6) is 0 Å². The normalized spacial score (nSPS) is 11.1. The predicted molar refractivity (Wildman–Crippen MR) is 68.4 cm³/mol. The molecular weight excluding hydrogens is 218 g/mol. The van der Waals surface area contributed by atoms with Crippen molar-refractivity contribution in [2.24, 2.45) is 7.05 Å². The number of hydrogen-bond donors (Lipinski definition) is 1. The number of nitrogen functional groups attached to an aromatic ring is 1. The number of aromatic nitrogens is 2. The molecule has 0 atom stereocenters. The van der Waals surface area contributed by atoms with Crippen LogP contribution in [0.1, 0.15) is 0 Å². The van der Waals surface area contributed by atoms with Crippen LogP contribution in [0.15, 0.2) is 35.0 Å². The standard InChI is InChI=1S/C12H11N3S/c1-15-10-4-2-3-9(8-5-6-16-7-8)11(10)12(13)14-15/h2-7H,1H3,(H2,13,14). The minimum atomic E-state index is 0.597. The minimum absolute atomic E-state index is 0.597. The average Bonchev–Trinajstić information content (AvgIpc) is 2.88. The van der Waals surface area contributed by atoms with Gasteiger partial charge in [0.15, 0.2) is 5.82 Å². The molecule has 0 aliphatic carbocycles. The fourth-order valence-corrected chi connectivity index (χ4v) is 2.66. The van der Waals surface area contributed by atoms with Crippen molar-refractivity contribution >= 4 is 28.1 Å². The van der Waals surface area contributed by atoms with Crippen molar-refractivity contribution < 1.29 is 0 Å². The largest absolute Gasteiger partial charge is 0.382 e. The summed E-state index contributed by atoms with van der Waals surface area (Å²) in [7, 11) is 1.91. The van der Waals surface area contributed by atoms with Gasteiger partial charge in [0.2, 0.25) is 0 Å². The molecule has 0 unspecified atom stereocenters. The summed E-state index contributed by atoms with van der Waals surface area (Å²) in [6.45, 7) is 0. The molecule has 16 heavy (non-hydrogen) atoms. The fourth-order valence-electron chi connectivity index (χ4n) is 2.00. The Hall–Kier alpha value is -1.81. The zero-order chi connectivity index (χ0) is 11.1. The van der Waals surface area contributed by atoms with E-state index < -0.39 is 0 Å². The maximum Gasteiger partial charge on any atom is 0.154 e. The minimum Gasteiger partial charge on any atom is -0.382 e. The molecular formula is C12H11N3S. The van der Waals surface area contributed by atoms with E-state index in [1.165, 1.54) is 5.56 Å². The number of hydrogen-bond acceptors (Lipinski definition) is 3. The molecule has 0 aliphatic heterocycles. The Morgan fingerprint density at radius 2 is 2.19 bits per heavy atom. The average molecular weight is 229 g/mol. The summed E-state index contributed by atoms with van der Waals surface area (Å²) in [6, 6.07) is 8.26. The van der Waals surface area contributed by atoms with Crippen LogP contribution in [0.2, 0.25) is 0 Å². The number of rotatable bonds is 1. The number of nitrogens with zero attached hydrogens (tertiary/aromatic N) is 2. The molecule has 3 nitrogen and oxygen atoms in total. The van der Waals surface area contributed by atoms with Gasteiger partial charge in [-0.15, -0.1) is 0 Å². The molecule has 80 valence electrons. The molecule has 0 radical (unpaired) electrons. The van der Waals surface area contributed by atoms with E-state index in [-0.39, 0.29) is 0 Å². The van der Waals surface area contributed by atoms with Crippen LogP contribution in [-0.4, -0.2) is 9.78 Å². The Morgan fingerprint density at radius 1 is 1.31 bits per heavy atom. The van der Waals surface area contributed by atoms with E-state index in [0.717, 1.165) is 16.5 Å². The van der Waals surface area contributed by atoms with Crippen LogP contribution in [0.3, 0.4) is 0 Å². The van der Waals surface area contributed by atoms with Gasteiger partial charge in [0.25, 0.3) is 0 Å². The van der Waals surface area contributed by atoms with E-state index in [9.17, 15) is 0 Å². The monoisotopic (exact) mass is 229 g/mol. The van der Waals surface area contributed by atoms with Crippen molar-refractivity contribution in [3.8, 4) is 11.1 Å². The number of nitrogens with two attached hydrogens (primary N) is 1. The topological polar surface area (TPSA) is 43.8 Å². The summed E-state index contributed by atoms with van der Waals surface area (Å²) in [5.74, 6) is 0.597. The van der Waals surface area contributed by atoms with Crippen LogP contribution in [0.25, 0.3) is 22.0 Å². The van der Waals surface area contributed by atoms with Crippen molar-refractivity contribution in [3.05, 3.63) is 35.0 Å². The lowest BCUT2D eigenvalue weighted by Gasteiger charge is -2.01. The quantitative estimate of drug-likeness (QED) is 0.697. The molecule has 4 heteroatoms. The van der Waals surface area contributed by atoms with Crippen molar-refractivity contribution in [1.82, 2.24) is 9.78 Å².